The molecule has 0 amide bonds. The lowest BCUT2D eigenvalue weighted by molar-refractivity contribution is 0.0328. The minimum Gasteiger partial charge on any atom is -0.326 e. The quantitative estimate of drug-likeness (QED) is 0.454. The number of pyridine rings is 2. The predicted molar refractivity (Wildman–Crippen MR) is 87.5 cm³/mol. The first-order valence-electron chi connectivity index (χ1n) is 5.75. The predicted octanol–water partition coefficient (Wildman–Crippen LogP) is 3.04. The molecule has 2 aromatic heterocycles. The van der Waals surface area contributed by atoms with Crippen molar-refractivity contribution in [1.82, 2.24) is 9.97 Å². The van der Waals surface area contributed by atoms with Crippen LogP contribution in [0.3, 0.4) is 0 Å². The molecule has 0 spiro atoms. The second kappa shape index (κ2) is 13.6. The Kier molecular flexibility index (Phi) is 13.1. The van der Waals surface area contributed by atoms with Crippen LogP contribution in [0.4, 0.5) is 0 Å². The van der Waals surface area contributed by atoms with Crippen LogP contribution in [-0.4, -0.2) is 24.5 Å². The molecule has 23 heavy (non-hydrogen) atoms. The van der Waals surface area contributed by atoms with Crippen molar-refractivity contribution in [2.45, 2.75) is 4.71 Å². The van der Waals surface area contributed by atoms with Crippen LogP contribution in [0.25, 0.3) is 0 Å². The Morgan fingerprint density at radius 2 is 1.04 bits per heavy atom. The average molecular weight is 403 g/mol. The molecular formula is C11H14Cl2N2O6P2. The van der Waals surface area contributed by atoms with Crippen LogP contribution in [0.1, 0.15) is 0 Å². The van der Waals surface area contributed by atoms with Gasteiger partial charge >= 0.3 is 21.2 Å². The van der Waals surface area contributed by atoms with Gasteiger partial charge in [0.1, 0.15) is 0 Å². The number of aromatic nitrogens is 2. The fraction of sp³-hybridized carbons (Fsp3) is 0.0909. The first kappa shape index (κ1) is 22.2. The third-order valence-corrected chi connectivity index (χ3v) is 3.30. The molecule has 0 aliphatic rings. The Labute approximate surface area is 143 Å². The minimum atomic E-state index is -3.41. The Morgan fingerprint density at radius 3 is 1.17 bits per heavy atom. The number of nitrogens with zero attached hydrogens (tertiary/aromatic N) is 2. The van der Waals surface area contributed by atoms with E-state index in [1.807, 2.05) is 36.4 Å². The van der Waals surface area contributed by atoms with E-state index in [1.54, 1.807) is 24.8 Å². The maximum Gasteiger partial charge on any atom is 0.345 e. The monoisotopic (exact) mass is 402 g/mol. The van der Waals surface area contributed by atoms with Crippen molar-refractivity contribution in [2.24, 2.45) is 0 Å². The molecule has 0 radical (unpaired) electrons. The second-order valence-electron chi connectivity index (χ2n) is 3.25. The van der Waals surface area contributed by atoms with E-state index in [0.717, 1.165) is 0 Å². The third kappa shape index (κ3) is 17.4. The van der Waals surface area contributed by atoms with Gasteiger partial charge in [-0.25, -0.2) is 9.05 Å². The van der Waals surface area contributed by atoms with Crippen LogP contribution in [-0.2, 0) is 18.2 Å². The van der Waals surface area contributed by atoms with E-state index in [2.05, 4.69) is 19.0 Å². The summed E-state index contributed by atoms with van der Waals surface area (Å²) in [6.45, 7) is 0. The van der Waals surface area contributed by atoms with Crippen LogP contribution < -0.4 is 0 Å². The van der Waals surface area contributed by atoms with Crippen molar-refractivity contribution in [3.8, 4) is 0 Å². The van der Waals surface area contributed by atoms with Gasteiger partial charge in [0.2, 0.25) is 0 Å². The van der Waals surface area contributed by atoms with E-state index in [0.29, 0.717) is 0 Å². The fourth-order valence-corrected chi connectivity index (χ4v) is 2.21. The third-order valence-electron chi connectivity index (χ3n) is 1.55. The molecule has 8 nitrogen and oxygen atoms in total. The molecule has 12 heteroatoms. The molecule has 2 atom stereocenters. The van der Waals surface area contributed by atoms with Crippen molar-refractivity contribution in [1.29, 1.82) is 0 Å². The highest BCUT2D eigenvalue weighted by Crippen LogP contribution is 2.40. The summed E-state index contributed by atoms with van der Waals surface area (Å²) in [6.07, 6.45) is 7.00. The summed E-state index contributed by atoms with van der Waals surface area (Å²) in [4.78, 5) is 23.8. The SMILES string of the molecule is O=[PH](O)OC(Cl)(Cl)O[PH](=O)O.c1ccncc1.c1ccncc1. The van der Waals surface area contributed by atoms with Crippen LogP contribution in [0.5, 0.6) is 0 Å². The second-order valence-corrected chi connectivity index (χ2v) is 5.91. The molecule has 2 heterocycles. The number of rotatable bonds is 4. The maximum absolute atomic E-state index is 9.94. The molecule has 0 saturated heterocycles. The standard InChI is InChI=1S/2C5H5N.CH4Cl2O6P2/c2*1-2-4-6-5-3-1;2-1(3,8-10(4)5)9-11(6)7/h2*1-5H;10-11H,(H,4,5)(H,6,7). The van der Waals surface area contributed by atoms with Crippen molar-refractivity contribution in [2.75, 3.05) is 0 Å². The fourth-order valence-electron chi connectivity index (χ4n) is 0.849. The van der Waals surface area contributed by atoms with Gasteiger partial charge in [0, 0.05) is 24.8 Å². The molecule has 0 saturated carbocycles. The number of hydrogen-bond acceptors (Lipinski definition) is 6. The Bertz CT molecular complexity index is 462. The smallest absolute Gasteiger partial charge is 0.326 e. The summed E-state index contributed by atoms with van der Waals surface area (Å²) in [6, 6.07) is 11.4. The Hall–Kier alpha value is -0.820. The zero-order valence-electron chi connectivity index (χ0n) is 11.5. The topological polar surface area (TPSA) is 119 Å². The average Bonchev–Trinajstić information content (AvgIpc) is 2.49. The molecule has 0 bridgehead atoms. The van der Waals surface area contributed by atoms with E-state index >= 15 is 0 Å². The van der Waals surface area contributed by atoms with Crippen molar-refractivity contribution >= 4 is 39.7 Å². The van der Waals surface area contributed by atoms with Crippen LogP contribution in [0.15, 0.2) is 61.2 Å². The largest absolute Gasteiger partial charge is 0.345 e. The summed E-state index contributed by atoms with van der Waals surface area (Å²) in [5.74, 6) is 0. The van der Waals surface area contributed by atoms with E-state index in [9.17, 15) is 9.13 Å². The van der Waals surface area contributed by atoms with Gasteiger partial charge in [0.05, 0.1) is 0 Å². The summed E-state index contributed by atoms with van der Waals surface area (Å²) < 4.78 is 25.0. The molecular weight excluding hydrogens is 389 g/mol. The molecule has 0 fully saturated rings. The summed E-state index contributed by atoms with van der Waals surface area (Å²) in [5, 5.41) is 0. The van der Waals surface area contributed by atoms with Gasteiger partial charge in [0.25, 0.3) is 0 Å². The lowest BCUT2D eigenvalue weighted by atomic mass is 10.5. The maximum atomic E-state index is 9.94. The number of hydrogen-bond donors (Lipinski definition) is 2. The molecule has 0 aliphatic carbocycles. The van der Waals surface area contributed by atoms with Gasteiger partial charge in [-0.1, -0.05) is 12.1 Å². The van der Waals surface area contributed by atoms with Gasteiger partial charge in [-0.2, -0.15) is 0 Å². The lowest BCUT2D eigenvalue weighted by Gasteiger charge is -2.15. The highest BCUT2D eigenvalue weighted by Gasteiger charge is 2.30. The molecule has 2 N–H and O–H groups in total. The van der Waals surface area contributed by atoms with E-state index < -0.39 is 21.2 Å². The van der Waals surface area contributed by atoms with E-state index in [1.165, 1.54) is 0 Å². The zero-order valence-corrected chi connectivity index (χ0v) is 15.0. The highest BCUT2D eigenvalue weighted by atomic mass is 35.5. The van der Waals surface area contributed by atoms with E-state index in [4.69, 9.17) is 33.0 Å². The zero-order chi connectivity index (χ0) is 17.6. The van der Waals surface area contributed by atoms with Gasteiger partial charge in [-0.05, 0) is 47.5 Å². The molecule has 2 rings (SSSR count). The Balaban J connectivity index is 0.000000339. The van der Waals surface area contributed by atoms with Crippen molar-refractivity contribution in [3.63, 3.8) is 0 Å². The lowest BCUT2D eigenvalue weighted by Crippen LogP contribution is -2.14. The van der Waals surface area contributed by atoms with Crippen LogP contribution in [0, 0.1) is 0 Å². The first-order valence-corrected chi connectivity index (χ1v) is 9.03. The summed E-state index contributed by atoms with van der Waals surface area (Å²) in [7, 11) is -6.82. The van der Waals surface area contributed by atoms with Gasteiger partial charge in [0.15, 0.2) is 0 Å². The van der Waals surface area contributed by atoms with Gasteiger partial charge in [-0.15, -0.1) is 0 Å². The van der Waals surface area contributed by atoms with E-state index in [-0.39, 0.29) is 0 Å². The highest BCUT2D eigenvalue weighted by molar-refractivity contribution is 7.33. The number of alkyl halides is 2. The minimum absolute atomic E-state index is 1.75. The molecule has 128 valence electrons. The van der Waals surface area contributed by atoms with Gasteiger partial charge < -0.3 is 9.79 Å². The van der Waals surface area contributed by atoms with Crippen molar-refractivity contribution in [3.05, 3.63) is 61.2 Å². The summed E-state index contributed by atoms with van der Waals surface area (Å²) in [5.41, 5.74) is 0. The molecule has 2 unspecified atom stereocenters. The molecule has 0 aliphatic heterocycles. The molecule has 0 aromatic carbocycles. The Morgan fingerprint density at radius 1 is 0.739 bits per heavy atom. The summed E-state index contributed by atoms with van der Waals surface area (Å²) >= 11 is 9.96. The first-order chi connectivity index (χ1) is 10.8. The normalized spacial score (nSPS) is 12.7. The van der Waals surface area contributed by atoms with Gasteiger partial charge in [-0.3, -0.25) is 19.1 Å². The molecule has 2 aromatic rings. The van der Waals surface area contributed by atoms with Crippen LogP contribution >= 0.6 is 39.7 Å². The van der Waals surface area contributed by atoms with Crippen LogP contribution in [0.2, 0.25) is 0 Å². The van der Waals surface area contributed by atoms with Crippen molar-refractivity contribution < 1.29 is 28.0 Å². The number of halogens is 2.